The van der Waals surface area contributed by atoms with Crippen LogP contribution in [0.3, 0.4) is 0 Å². The molecule has 1 aromatic carbocycles. The molecule has 1 saturated carbocycles. The van der Waals surface area contributed by atoms with Crippen molar-refractivity contribution < 1.29 is 28.9 Å². The van der Waals surface area contributed by atoms with Crippen LogP contribution in [-0.4, -0.2) is 53.2 Å². The second-order valence-electron chi connectivity index (χ2n) is 8.04. The number of aliphatic hydroxyl groups is 1. The topological polar surface area (TPSA) is 78.4 Å². The van der Waals surface area contributed by atoms with E-state index in [9.17, 15) is 5.11 Å². The summed E-state index contributed by atoms with van der Waals surface area (Å²) in [5.41, 5.74) is 4.01. The summed E-state index contributed by atoms with van der Waals surface area (Å²) in [4.78, 5) is 5.66. The van der Waals surface area contributed by atoms with Crippen LogP contribution in [0.4, 0.5) is 0 Å². The van der Waals surface area contributed by atoms with E-state index in [0.29, 0.717) is 6.61 Å². The van der Waals surface area contributed by atoms with Gasteiger partial charge in [0.2, 0.25) is 0 Å². The first-order valence-electron chi connectivity index (χ1n) is 9.06. The quantitative estimate of drug-likeness (QED) is 0.783. The largest absolute Gasteiger partial charge is 0.388 e. The molecule has 2 N–H and O–H groups in total. The Morgan fingerprint density at radius 3 is 2.08 bits per heavy atom. The summed E-state index contributed by atoms with van der Waals surface area (Å²) < 4.78 is 24.1. The Bertz CT molecular complexity index is 636. The molecule has 0 spiro atoms. The van der Waals surface area contributed by atoms with Crippen LogP contribution in [0.2, 0.25) is 0 Å². The van der Waals surface area contributed by atoms with Gasteiger partial charge >= 0.3 is 0 Å². The van der Waals surface area contributed by atoms with Gasteiger partial charge in [0, 0.05) is 0 Å². The van der Waals surface area contributed by atoms with E-state index >= 15 is 0 Å². The molecule has 2 aliphatic heterocycles. The third-order valence-corrected chi connectivity index (χ3v) is 5.01. The van der Waals surface area contributed by atoms with Crippen molar-refractivity contribution in [3.05, 3.63) is 35.9 Å². The average molecular weight is 365 g/mol. The maximum atomic E-state index is 10.9. The zero-order valence-electron chi connectivity index (χ0n) is 15.5. The average Bonchev–Trinajstić information content (AvgIpc) is 3.07. The molecule has 3 aliphatic rings. The molecule has 0 unspecified atom stereocenters. The third kappa shape index (κ3) is 3.41. The van der Waals surface area contributed by atoms with Crippen molar-refractivity contribution in [1.29, 1.82) is 0 Å². The van der Waals surface area contributed by atoms with Gasteiger partial charge in [0.15, 0.2) is 11.6 Å². The van der Waals surface area contributed by atoms with Gasteiger partial charge in [-0.2, -0.15) is 5.48 Å². The first kappa shape index (κ1) is 18.3. The Morgan fingerprint density at radius 2 is 1.42 bits per heavy atom. The van der Waals surface area contributed by atoms with Crippen molar-refractivity contribution in [2.45, 2.75) is 82.4 Å². The zero-order chi connectivity index (χ0) is 18.5. The molecule has 2 saturated heterocycles. The molecule has 1 aromatic rings. The van der Waals surface area contributed by atoms with E-state index in [1.165, 1.54) is 0 Å². The minimum atomic E-state index is -0.851. The summed E-state index contributed by atoms with van der Waals surface area (Å²) >= 11 is 0. The Balaban J connectivity index is 1.50. The van der Waals surface area contributed by atoms with Crippen molar-refractivity contribution in [1.82, 2.24) is 5.48 Å². The van der Waals surface area contributed by atoms with E-state index in [0.717, 1.165) is 5.56 Å². The molecule has 0 radical (unpaired) electrons. The van der Waals surface area contributed by atoms with Crippen LogP contribution in [0.5, 0.6) is 0 Å². The van der Waals surface area contributed by atoms with Crippen molar-refractivity contribution in [3.8, 4) is 0 Å². The summed E-state index contributed by atoms with van der Waals surface area (Å²) in [6.07, 6.45) is -2.51. The summed E-state index contributed by atoms with van der Waals surface area (Å²) in [6, 6.07) is 9.33. The van der Waals surface area contributed by atoms with E-state index in [1.807, 2.05) is 58.0 Å². The van der Waals surface area contributed by atoms with Crippen molar-refractivity contribution >= 4 is 0 Å². The van der Waals surface area contributed by atoms with E-state index in [-0.39, 0.29) is 12.2 Å². The fourth-order valence-corrected chi connectivity index (χ4v) is 4.02. The maximum Gasteiger partial charge on any atom is 0.164 e. The predicted octanol–water partition coefficient (Wildman–Crippen LogP) is 1.49. The molecule has 144 valence electrons. The van der Waals surface area contributed by atoms with Crippen LogP contribution in [0, 0.1) is 0 Å². The number of hydrogen-bond acceptors (Lipinski definition) is 7. The monoisotopic (exact) mass is 365 g/mol. The molecule has 7 nitrogen and oxygen atoms in total. The first-order valence-corrected chi connectivity index (χ1v) is 9.06. The SMILES string of the molecule is CC1(C)O[C@H]2[C@@H]3OC(C)(C)O[C@H]3[C@H](NOCc3ccccc3)[C@H](O)[C@H]2O1. The fourth-order valence-electron chi connectivity index (χ4n) is 4.02. The van der Waals surface area contributed by atoms with Gasteiger partial charge in [-0.05, 0) is 33.3 Å². The smallest absolute Gasteiger partial charge is 0.164 e. The highest BCUT2D eigenvalue weighted by Gasteiger charge is 2.63. The van der Waals surface area contributed by atoms with E-state index < -0.39 is 35.9 Å². The van der Waals surface area contributed by atoms with Crippen LogP contribution in [-0.2, 0) is 30.4 Å². The number of fused-ring (bicyclic) bond motifs is 3. The predicted molar refractivity (Wildman–Crippen MR) is 91.8 cm³/mol. The minimum absolute atomic E-state index is 0.349. The zero-order valence-corrected chi connectivity index (χ0v) is 15.5. The van der Waals surface area contributed by atoms with E-state index in [2.05, 4.69) is 5.48 Å². The summed E-state index contributed by atoms with van der Waals surface area (Å²) in [6.45, 7) is 7.76. The standard InChI is InChI=1S/C19H27NO6/c1-18(2)23-14-12(20-22-10-11-8-6-5-7-9-11)13(21)15-17(16(14)25-18)26-19(3,4)24-15/h5-9,12-17,20-21H,10H2,1-4H3/t12-,13+,14+,15-,16-,17-/m1/s1. The number of benzene rings is 1. The van der Waals surface area contributed by atoms with Crippen LogP contribution >= 0.6 is 0 Å². The lowest BCUT2D eigenvalue weighted by molar-refractivity contribution is -0.181. The highest BCUT2D eigenvalue weighted by molar-refractivity contribution is 5.13. The van der Waals surface area contributed by atoms with Gasteiger partial charge in [0.05, 0.1) is 12.6 Å². The van der Waals surface area contributed by atoms with E-state index in [4.69, 9.17) is 23.8 Å². The molecule has 26 heavy (non-hydrogen) atoms. The normalized spacial score (nSPS) is 40.2. The molecule has 0 aromatic heterocycles. The van der Waals surface area contributed by atoms with Gasteiger partial charge in [-0.15, -0.1) is 0 Å². The number of hydrogen-bond donors (Lipinski definition) is 2. The van der Waals surface area contributed by atoms with Crippen LogP contribution in [0.15, 0.2) is 30.3 Å². The van der Waals surface area contributed by atoms with Crippen LogP contribution in [0.25, 0.3) is 0 Å². The summed E-state index contributed by atoms with van der Waals surface area (Å²) in [7, 11) is 0. The molecule has 3 fully saturated rings. The Labute approximate surface area is 153 Å². The number of rotatable bonds is 4. The second-order valence-corrected chi connectivity index (χ2v) is 8.04. The maximum absolute atomic E-state index is 10.9. The van der Waals surface area contributed by atoms with Crippen LogP contribution in [0.1, 0.15) is 33.3 Å². The van der Waals surface area contributed by atoms with E-state index in [1.54, 1.807) is 0 Å². The Kier molecular flexibility index (Phi) is 4.60. The molecule has 4 rings (SSSR count). The van der Waals surface area contributed by atoms with Gasteiger partial charge in [-0.25, -0.2) is 0 Å². The van der Waals surface area contributed by atoms with Crippen LogP contribution < -0.4 is 5.48 Å². The second kappa shape index (κ2) is 6.53. The molecule has 0 bridgehead atoms. The number of aliphatic hydroxyl groups excluding tert-OH is 1. The highest BCUT2D eigenvalue weighted by Crippen LogP contribution is 2.44. The molecule has 2 heterocycles. The van der Waals surface area contributed by atoms with Gasteiger partial charge in [-0.1, -0.05) is 30.3 Å². The van der Waals surface area contributed by atoms with Crippen molar-refractivity contribution in [2.24, 2.45) is 0 Å². The molecular weight excluding hydrogens is 338 g/mol. The first-order chi connectivity index (χ1) is 12.3. The molecule has 6 atom stereocenters. The van der Waals surface area contributed by atoms with Gasteiger partial charge in [0.1, 0.15) is 30.5 Å². The Hall–Kier alpha value is -1.06. The molecule has 0 amide bonds. The highest BCUT2D eigenvalue weighted by atomic mass is 16.8. The molecule has 1 aliphatic carbocycles. The summed E-state index contributed by atoms with van der Waals surface area (Å²) in [5.74, 6) is -1.55. The van der Waals surface area contributed by atoms with Crippen molar-refractivity contribution in [2.75, 3.05) is 0 Å². The lowest BCUT2D eigenvalue weighted by Crippen LogP contribution is -2.65. The number of nitrogens with one attached hydrogen (secondary N) is 1. The number of hydroxylamine groups is 1. The molecule has 7 heteroatoms. The molecular formula is C19H27NO6. The lowest BCUT2D eigenvalue weighted by atomic mass is 9.83. The lowest BCUT2D eigenvalue weighted by Gasteiger charge is -2.40. The van der Waals surface area contributed by atoms with Crippen molar-refractivity contribution in [3.63, 3.8) is 0 Å². The Morgan fingerprint density at radius 1 is 0.885 bits per heavy atom. The third-order valence-electron chi connectivity index (χ3n) is 5.01. The number of ether oxygens (including phenoxy) is 4. The van der Waals surface area contributed by atoms with Gasteiger partial charge in [0.25, 0.3) is 0 Å². The fraction of sp³-hybridized carbons (Fsp3) is 0.684. The van der Waals surface area contributed by atoms with Gasteiger partial charge < -0.3 is 24.1 Å². The van der Waals surface area contributed by atoms with Gasteiger partial charge in [-0.3, -0.25) is 4.84 Å². The minimum Gasteiger partial charge on any atom is -0.388 e. The summed E-state index contributed by atoms with van der Waals surface area (Å²) in [5, 5.41) is 10.9.